The van der Waals surface area contributed by atoms with Crippen molar-refractivity contribution in [1.29, 1.82) is 0 Å². The van der Waals surface area contributed by atoms with Gasteiger partial charge >= 0.3 is 0 Å². The molecule has 0 aromatic carbocycles. The average molecular weight is 197 g/mol. The molecule has 0 aliphatic heterocycles. The van der Waals surface area contributed by atoms with Gasteiger partial charge in [-0.25, -0.2) is 0 Å². The van der Waals surface area contributed by atoms with Crippen LogP contribution in [-0.4, -0.2) is 46.8 Å². The number of likely N-dealkylation sites (N-methyl/N-ethyl adjacent to an activating group) is 1. The Bertz CT molecular complexity index is 279. The van der Waals surface area contributed by atoms with Crippen LogP contribution < -0.4 is 5.32 Å². The van der Waals surface area contributed by atoms with Gasteiger partial charge in [0.1, 0.15) is 11.6 Å². The van der Waals surface area contributed by atoms with Gasteiger partial charge in [-0.1, -0.05) is 0 Å². The summed E-state index contributed by atoms with van der Waals surface area (Å²) in [5.41, 5.74) is 0. The molecule has 0 atom stereocenters. The highest BCUT2D eigenvalue weighted by Crippen LogP contribution is 1.95. The van der Waals surface area contributed by atoms with E-state index in [-0.39, 0.29) is 0 Å². The van der Waals surface area contributed by atoms with Gasteiger partial charge in [0.15, 0.2) is 0 Å². The van der Waals surface area contributed by atoms with Gasteiger partial charge in [0.05, 0.1) is 6.54 Å². The molecule has 0 saturated carbocycles. The third-order valence-corrected chi connectivity index (χ3v) is 2.20. The number of nitrogens with one attached hydrogen (secondary N) is 1. The van der Waals surface area contributed by atoms with E-state index < -0.39 is 0 Å². The lowest BCUT2D eigenvalue weighted by molar-refractivity contribution is 0.398. The number of hydrogen-bond donors (Lipinski definition) is 1. The molecule has 1 heterocycles. The molecular formula is C9H19N5. The first kappa shape index (κ1) is 11.1. The Kier molecular flexibility index (Phi) is 4.03. The van der Waals surface area contributed by atoms with E-state index in [9.17, 15) is 0 Å². The van der Waals surface area contributed by atoms with Crippen molar-refractivity contribution in [2.75, 3.05) is 27.2 Å². The molecule has 0 spiro atoms. The largest absolute Gasteiger partial charge is 0.317 e. The van der Waals surface area contributed by atoms with Gasteiger partial charge < -0.3 is 14.8 Å². The topological polar surface area (TPSA) is 46.0 Å². The molecule has 0 saturated heterocycles. The lowest BCUT2D eigenvalue weighted by atomic mass is 10.5. The SMILES string of the molecule is Cc1nnc(CNCCN(C)C)n1C. The van der Waals surface area contributed by atoms with E-state index >= 15 is 0 Å². The fourth-order valence-electron chi connectivity index (χ4n) is 1.11. The second-order valence-corrected chi connectivity index (χ2v) is 3.70. The Morgan fingerprint density at radius 2 is 2.07 bits per heavy atom. The van der Waals surface area contributed by atoms with Crippen LogP contribution in [0.1, 0.15) is 11.6 Å². The molecule has 5 heteroatoms. The fraction of sp³-hybridized carbons (Fsp3) is 0.778. The molecular weight excluding hydrogens is 178 g/mol. The van der Waals surface area contributed by atoms with E-state index in [0.717, 1.165) is 31.3 Å². The van der Waals surface area contributed by atoms with Crippen LogP contribution in [0.2, 0.25) is 0 Å². The zero-order valence-electron chi connectivity index (χ0n) is 9.41. The maximum Gasteiger partial charge on any atom is 0.146 e. The van der Waals surface area contributed by atoms with Crippen LogP contribution >= 0.6 is 0 Å². The number of nitrogens with zero attached hydrogens (tertiary/aromatic N) is 4. The van der Waals surface area contributed by atoms with Crippen LogP contribution in [-0.2, 0) is 13.6 Å². The van der Waals surface area contributed by atoms with Gasteiger partial charge in [0.2, 0.25) is 0 Å². The van der Waals surface area contributed by atoms with Crippen LogP contribution in [0.25, 0.3) is 0 Å². The first-order valence-electron chi connectivity index (χ1n) is 4.81. The van der Waals surface area contributed by atoms with Crippen molar-refractivity contribution in [3.8, 4) is 0 Å². The summed E-state index contributed by atoms with van der Waals surface area (Å²) in [4.78, 5) is 2.15. The van der Waals surface area contributed by atoms with E-state index in [1.54, 1.807) is 0 Å². The van der Waals surface area contributed by atoms with Crippen molar-refractivity contribution < 1.29 is 0 Å². The third kappa shape index (κ3) is 3.08. The minimum Gasteiger partial charge on any atom is -0.317 e. The molecule has 0 radical (unpaired) electrons. The maximum atomic E-state index is 4.07. The quantitative estimate of drug-likeness (QED) is 0.663. The highest BCUT2D eigenvalue weighted by molar-refractivity contribution is 4.91. The number of aryl methyl sites for hydroxylation is 1. The molecule has 14 heavy (non-hydrogen) atoms. The Balaban J connectivity index is 2.28. The molecule has 0 fully saturated rings. The predicted octanol–water partition coefficient (Wildman–Crippen LogP) is -0.225. The second kappa shape index (κ2) is 5.07. The molecule has 0 aliphatic rings. The molecule has 80 valence electrons. The molecule has 0 aliphatic carbocycles. The lowest BCUT2D eigenvalue weighted by Gasteiger charge is -2.09. The minimum atomic E-state index is 0.783. The highest BCUT2D eigenvalue weighted by atomic mass is 15.3. The molecule has 1 aromatic heterocycles. The standard InChI is InChI=1S/C9H19N5/c1-8-11-12-9(14(8)4)7-10-5-6-13(2)3/h10H,5-7H2,1-4H3. The molecule has 0 bridgehead atoms. The van der Waals surface area contributed by atoms with Crippen molar-refractivity contribution in [2.24, 2.45) is 7.05 Å². The first-order chi connectivity index (χ1) is 6.61. The first-order valence-corrected chi connectivity index (χ1v) is 4.81. The fourth-order valence-corrected chi connectivity index (χ4v) is 1.11. The molecule has 1 aromatic rings. The Morgan fingerprint density at radius 1 is 1.36 bits per heavy atom. The second-order valence-electron chi connectivity index (χ2n) is 3.70. The van der Waals surface area contributed by atoms with Crippen molar-refractivity contribution >= 4 is 0 Å². The lowest BCUT2D eigenvalue weighted by Crippen LogP contribution is -2.27. The van der Waals surface area contributed by atoms with Crippen molar-refractivity contribution in [1.82, 2.24) is 25.0 Å². The maximum absolute atomic E-state index is 4.07. The Labute approximate surface area is 85.1 Å². The zero-order chi connectivity index (χ0) is 10.6. The summed E-state index contributed by atoms with van der Waals surface area (Å²) in [5.74, 6) is 1.94. The predicted molar refractivity (Wildman–Crippen MR) is 56.0 cm³/mol. The van der Waals surface area contributed by atoms with Crippen LogP contribution in [0.3, 0.4) is 0 Å². The van der Waals surface area contributed by atoms with E-state index in [1.807, 2.05) is 18.5 Å². The molecule has 5 nitrogen and oxygen atoms in total. The Hall–Kier alpha value is -0.940. The van der Waals surface area contributed by atoms with E-state index in [0.29, 0.717) is 0 Å². The summed E-state index contributed by atoms with van der Waals surface area (Å²) in [6.07, 6.45) is 0. The van der Waals surface area contributed by atoms with Gasteiger partial charge in [-0.2, -0.15) is 0 Å². The highest BCUT2D eigenvalue weighted by Gasteiger charge is 2.03. The van der Waals surface area contributed by atoms with Crippen molar-refractivity contribution in [2.45, 2.75) is 13.5 Å². The smallest absolute Gasteiger partial charge is 0.146 e. The summed E-state index contributed by atoms with van der Waals surface area (Å²) in [5, 5.41) is 11.4. The van der Waals surface area contributed by atoms with Crippen LogP contribution in [0.15, 0.2) is 0 Å². The summed E-state index contributed by atoms with van der Waals surface area (Å²) in [6, 6.07) is 0. The zero-order valence-corrected chi connectivity index (χ0v) is 9.41. The normalized spacial score (nSPS) is 11.2. The van der Waals surface area contributed by atoms with Crippen molar-refractivity contribution in [3.05, 3.63) is 11.6 Å². The molecule has 1 N–H and O–H groups in total. The number of aromatic nitrogens is 3. The molecule has 0 amide bonds. The summed E-state index contributed by atoms with van der Waals surface area (Å²) in [7, 11) is 6.11. The van der Waals surface area contributed by atoms with Gasteiger partial charge in [-0.05, 0) is 21.0 Å². The summed E-state index contributed by atoms with van der Waals surface area (Å²) < 4.78 is 2.00. The minimum absolute atomic E-state index is 0.783. The Morgan fingerprint density at radius 3 is 2.57 bits per heavy atom. The van der Waals surface area contributed by atoms with Gasteiger partial charge in [0.25, 0.3) is 0 Å². The van der Waals surface area contributed by atoms with E-state index in [2.05, 4.69) is 34.5 Å². The van der Waals surface area contributed by atoms with Crippen LogP contribution in [0.5, 0.6) is 0 Å². The van der Waals surface area contributed by atoms with Crippen LogP contribution in [0, 0.1) is 6.92 Å². The monoisotopic (exact) mass is 197 g/mol. The van der Waals surface area contributed by atoms with Gasteiger partial charge in [0, 0.05) is 20.1 Å². The van der Waals surface area contributed by atoms with E-state index in [1.165, 1.54) is 0 Å². The number of rotatable bonds is 5. The van der Waals surface area contributed by atoms with Crippen molar-refractivity contribution in [3.63, 3.8) is 0 Å². The summed E-state index contributed by atoms with van der Waals surface area (Å²) in [6.45, 7) is 4.75. The third-order valence-electron chi connectivity index (χ3n) is 2.20. The van der Waals surface area contributed by atoms with Gasteiger partial charge in [-0.15, -0.1) is 10.2 Å². The average Bonchev–Trinajstić information content (AvgIpc) is 2.43. The number of hydrogen-bond acceptors (Lipinski definition) is 4. The van der Waals surface area contributed by atoms with Crippen LogP contribution in [0.4, 0.5) is 0 Å². The van der Waals surface area contributed by atoms with Gasteiger partial charge in [-0.3, -0.25) is 0 Å². The summed E-state index contributed by atoms with van der Waals surface area (Å²) >= 11 is 0. The molecule has 0 unspecified atom stereocenters. The molecule has 1 rings (SSSR count). The van der Waals surface area contributed by atoms with E-state index in [4.69, 9.17) is 0 Å².